The first kappa shape index (κ1) is 13.2. The molecule has 0 fully saturated rings. The summed E-state index contributed by atoms with van der Waals surface area (Å²) in [7, 11) is 0. The van der Waals surface area contributed by atoms with Crippen LogP contribution in [-0.2, 0) is 9.53 Å². The van der Waals surface area contributed by atoms with Gasteiger partial charge >= 0.3 is 5.97 Å². The van der Waals surface area contributed by atoms with Crippen molar-refractivity contribution >= 4 is 11.8 Å². The molecule has 0 aliphatic rings. The third-order valence-corrected chi connectivity index (χ3v) is 2.19. The molecule has 1 aromatic carbocycles. The molecule has 0 amide bonds. The van der Waals surface area contributed by atoms with E-state index in [4.69, 9.17) is 9.47 Å². The Morgan fingerprint density at radius 3 is 2.53 bits per heavy atom. The van der Waals surface area contributed by atoms with Crippen LogP contribution in [0.3, 0.4) is 0 Å². The average molecular weight is 236 g/mol. The van der Waals surface area contributed by atoms with Crippen molar-refractivity contribution in [1.82, 2.24) is 0 Å². The summed E-state index contributed by atoms with van der Waals surface area (Å²) < 4.78 is 10.3. The molecule has 4 heteroatoms. The van der Waals surface area contributed by atoms with Gasteiger partial charge in [0.25, 0.3) is 0 Å². The summed E-state index contributed by atoms with van der Waals surface area (Å²) in [5.41, 5.74) is 0.462. The van der Waals surface area contributed by atoms with Crippen molar-refractivity contribution in [1.29, 1.82) is 0 Å². The van der Waals surface area contributed by atoms with Crippen molar-refractivity contribution in [2.75, 3.05) is 6.61 Å². The minimum atomic E-state index is -0.726. The Labute approximate surface area is 101 Å². The molecule has 0 N–H and O–H groups in total. The van der Waals surface area contributed by atoms with Crippen LogP contribution in [0.5, 0.6) is 5.75 Å². The summed E-state index contributed by atoms with van der Waals surface area (Å²) in [4.78, 5) is 22.7. The number of para-hydroxylation sites is 1. The van der Waals surface area contributed by atoms with E-state index in [1.54, 1.807) is 38.1 Å². The molecule has 0 saturated carbocycles. The molecule has 1 rings (SSSR count). The second-order valence-electron chi connectivity index (χ2n) is 3.56. The second-order valence-corrected chi connectivity index (χ2v) is 3.56. The summed E-state index contributed by atoms with van der Waals surface area (Å²) in [5.74, 6) is -0.136. The van der Waals surface area contributed by atoms with E-state index in [0.29, 0.717) is 17.9 Å². The van der Waals surface area contributed by atoms with Crippen molar-refractivity contribution in [3.63, 3.8) is 0 Å². The zero-order chi connectivity index (χ0) is 12.8. The van der Waals surface area contributed by atoms with Gasteiger partial charge in [-0.2, -0.15) is 0 Å². The minimum Gasteiger partial charge on any atom is -0.478 e. The fraction of sp³-hybridized carbons (Fsp3) is 0.385. The minimum absolute atomic E-state index is 0.100. The molecule has 0 radical (unpaired) electrons. The van der Waals surface area contributed by atoms with Crippen LogP contribution in [0.2, 0.25) is 0 Å². The third kappa shape index (κ3) is 3.59. The van der Waals surface area contributed by atoms with Gasteiger partial charge in [0.1, 0.15) is 5.75 Å². The van der Waals surface area contributed by atoms with Gasteiger partial charge in [0.15, 0.2) is 11.9 Å². The Hall–Kier alpha value is -1.84. The molecular formula is C13H16O4. The molecule has 17 heavy (non-hydrogen) atoms. The smallest absolute Gasteiger partial charge is 0.347 e. The molecule has 0 heterocycles. The molecule has 1 aromatic rings. The van der Waals surface area contributed by atoms with Crippen molar-refractivity contribution < 1.29 is 19.1 Å². The number of ketones is 1. The highest BCUT2D eigenvalue weighted by molar-refractivity contribution is 5.96. The van der Waals surface area contributed by atoms with Gasteiger partial charge in [-0.25, -0.2) is 4.79 Å². The van der Waals surface area contributed by atoms with Gasteiger partial charge in [0.05, 0.1) is 12.2 Å². The first-order valence-electron chi connectivity index (χ1n) is 5.49. The summed E-state index contributed by atoms with van der Waals surface area (Å²) in [6, 6.07) is 6.82. The van der Waals surface area contributed by atoms with Crippen LogP contribution in [-0.4, -0.2) is 24.5 Å². The number of hydrogen-bond acceptors (Lipinski definition) is 4. The number of hydrogen-bond donors (Lipinski definition) is 0. The van der Waals surface area contributed by atoms with Crippen molar-refractivity contribution in [3.8, 4) is 5.75 Å². The maximum Gasteiger partial charge on any atom is 0.347 e. The third-order valence-electron chi connectivity index (χ3n) is 2.19. The Balaban J connectivity index is 2.81. The van der Waals surface area contributed by atoms with E-state index in [1.165, 1.54) is 6.92 Å². The van der Waals surface area contributed by atoms with Crippen LogP contribution < -0.4 is 4.74 Å². The lowest BCUT2D eigenvalue weighted by Crippen LogP contribution is -2.26. The fourth-order valence-corrected chi connectivity index (χ4v) is 1.36. The Kier molecular flexibility index (Phi) is 4.69. The van der Waals surface area contributed by atoms with Gasteiger partial charge in [-0.1, -0.05) is 12.1 Å². The maximum atomic E-state index is 11.4. The van der Waals surface area contributed by atoms with Gasteiger partial charge in [0, 0.05) is 0 Å². The summed E-state index contributed by atoms with van der Waals surface area (Å²) in [6.07, 6.45) is -0.726. The SMILES string of the molecule is CCOC(=O)C(C)Oc1ccccc1C(C)=O. The number of carbonyl (C=O) groups is 2. The lowest BCUT2D eigenvalue weighted by Gasteiger charge is -2.15. The van der Waals surface area contributed by atoms with Crippen LogP contribution in [0, 0.1) is 0 Å². The molecule has 4 nitrogen and oxygen atoms in total. The highest BCUT2D eigenvalue weighted by Gasteiger charge is 2.18. The molecule has 92 valence electrons. The van der Waals surface area contributed by atoms with Crippen molar-refractivity contribution in [2.24, 2.45) is 0 Å². The van der Waals surface area contributed by atoms with Gasteiger partial charge < -0.3 is 9.47 Å². The summed E-state index contributed by atoms with van der Waals surface area (Å²) >= 11 is 0. The van der Waals surface area contributed by atoms with E-state index in [-0.39, 0.29) is 5.78 Å². The van der Waals surface area contributed by atoms with E-state index in [2.05, 4.69) is 0 Å². The lowest BCUT2D eigenvalue weighted by atomic mass is 10.1. The lowest BCUT2D eigenvalue weighted by molar-refractivity contribution is -0.150. The van der Waals surface area contributed by atoms with Crippen LogP contribution in [0.15, 0.2) is 24.3 Å². The normalized spacial score (nSPS) is 11.7. The predicted octanol–water partition coefficient (Wildman–Crippen LogP) is 2.22. The van der Waals surface area contributed by atoms with Crippen LogP contribution in [0.25, 0.3) is 0 Å². The maximum absolute atomic E-state index is 11.4. The van der Waals surface area contributed by atoms with Gasteiger partial charge in [-0.15, -0.1) is 0 Å². The molecule has 0 spiro atoms. The number of ether oxygens (including phenoxy) is 2. The first-order valence-corrected chi connectivity index (χ1v) is 5.49. The Bertz CT molecular complexity index is 412. The number of carbonyl (C=O) groups excluding carboxylic acids is 2. The second kappa shape index (κ2) is 6.03. The zero-order valence-corrected chi connectivity index (χ0v) is 10.2. The van der Waals surface area contributed by atoms with Crippen LogP contribution >= 0.6 is 0 Å². The Morgan fingerprint density at radius 1 is 1.29 bits per heavy atom. The predicted molar refractivity (Wildman–Crippen MR) is 63.2 cm³/mol. The van der Waals surface area contributed by atoms with Crippen molar-refractivity contribution in [2.45, 2.75) is 26.9 Å². The van der Waals surface area contributed by atoms with E-state index in [9.17, 15) is 9.59 Å². The van der Waals surface area contributed by atoms with E-state index in [0.717, 1.165) is 0 Å². The molecule has 0 bridgehead atoms. The molecule has 0 aromatic heterocycles. The Morgan fingerprint density at radius 2 is 1.94 bits per heavy atom. The highest BCUT2D eigenvalue weighted by Crippen LogP contribution is 2.20. The topological polar surface area (TPSA) is 52.6 Å². The van der Waals surface area contributed by atoms with Gasteiger partial charge in [0.2, 0.25) is 0 Å². The van der Waals surface area contributed by atoms with E-state index >= 15 is 0 Å². The van der Waals surface area contributed by atoms with Crippen molar-refractivity contribution in [3.05, 3.63) is 29.8 Å². The zero-order valence-electron chi connectivity index (χ0n) is 10.2. The number of esters is 1. The van der Waals surface area contributed by atoms with Gasteiger partial charge in [-0.05, 0) is 32.9 Å². The van der Waals surface area contributed by atoms with E-state index < -0.39 is 12.1 Å². The average Bonchev–Trinajstić information content (AvgIpc) is 2.29. The molecule has 0 aliphatic carbocycles. The molecule has 0 saturated heterocycles. The van der Waals surface area contributed by atoms with Crippen LogP contribution in [0.1, 0.15) is 31.1 Å². The quantitative estimate of drug-likeness (QED) is 0.581. The largest absolute Gasteiger partial charge is 0.478 e. The summed E-state index contributed by atoms with van der Waals surface area (Å²) in [6.45, 7) is 5.08. The highest BCUT2D eigenvalue weighted by atomic mass is 16.6. The first-order chi connectivity index (χ1) is 8.06. The molecular weight excluding hydrogens is 220 g/mol. The molecule has 1 unspecified atom stereocenters. The molecule has 1 atom stereocenters. The van der Waals surface area contributed by atoms with Crippen LogP contribution in [0.4, 0.5) is 0 Å². The van der Waals surface area contributed by atoms with E-state index in [1.807, 2.05) is 0 Å². The number of rotatable bonds is 5. The number of benzene rings is 1. The molecule has 0 aliphatic heterocycles. The summed E-state index contributed by atoms with van der Waals surface area (Å²) in [5, 5.41) is 0. The standard InChI is InChI=1S/C13H16O4/c1-4-16-13(15)10(3)17-12-8-6-5-7-11(12)9(2)14/h5-8,10H,4H2,1-3H3. The fourth-order valence-electron chi connectivity index (χ4n) is 1.36. The van der Waals surface area contributed by atoms with Gasteiger partial charge in [-0.3, -0.25) is 4.79 Å². The number of Topliss-reactive ketones (excluding diaryl/α,β-unsaturated/α-hetero) is 1. The monoisotopic (exact) mass is 236 g/mol.